The zero-order valence-corrected chi connectivity index (χ0v) is 10.9. The number of fused-ring (bicyclic) bond motifs is 5. The van der Waals surface area contributed by atoms with Crippen LogP contribution in [0.5, 0.6) is 0 Å². The number of imidazole rings is 1. The molecule has 0 spiro atoms. The molecule has 0 saturated carbocycles. The molecule has 3 heteroatoms. The van der Waals surface area contributed by atoms with Gasteiger partial charge < -0.3 is 0 Å². The van der Waals surface area contributed by atoms with E-state index in [2.05, 4.69) is 35.6 Å². The first-order chi connectivity index (χ1) is 9.24. The second-order valence-corrected chi connectivity index (χ2v) is 4.94. The summed E-state index contributed by atoms with van der Waals surface area (Å²) in [5.74, 6) is 0.972. The number of hydrogen-bond acceptors (Lipinski definition) is 2. The first kappa shape index (κ1) is 10.5. The molecule has 0 amide bonds. The Morgan fingerprint density at radius 3 is 2.63 bits per heavy atom. The van der Waals surface area contributed by atoms with Crippen molar-refractivity contribution < 1.29 is 0 Å². The monoisotopic (exact) mass is 247 g/mol. The summed E-state index contributed by atoms with van der Waals surface area (Å²) < 4.78 is 2.14. The van der Waals surface area contributed by atoms with Gasteiger partial charge in [0.2, 0.25) is 0 Å². The molecule has 0 saturated heterocycles. The summed E-state index contributed by atoms with van der Waals surface area (Å²) in [6, 6.07) is 14.5. The van der Waals surface area contributed by atoms with Crippen LogP contribution >= 0.6 is 0 Å². The van der Waals surface area contributed by atoms with Gasteiger partial charge >= 0.3 is 0 Å². The van der Waals surface area contributed by atoms with E-state index in [0.29, 0.717) is 0 Å². The minimum absolute atomic E-state index is 0.972. The van der Waals surface area contributed by atoms with Gasteiger partial charge in [0.05, 0.1) is 16.6 Å². The number of para-hydroxylation sites is 2. The Hall–Kier alpha value is -2.42. The van der Waals surface area contributed by atoms with Crippen molar-refractivity contribution in [1.82, 2.24) is 14.4 Å². The van der Waals surface area contributed by atoms with Crippen molar-refractivity contribution in [3.8, 4) is 0 Å². The SMILES string of the molecule is Cc1ccc2nc(C)n3c4ccccc4nc3c2c1. The second-order valence-electron chi connectivity index (χ2n) is 4.94. The Morgan fingerprint density at radius 1 is 0.895 bits per heavy atom. The van der Waals surface area contributed by atoms with Crippen molar-refractivity contribution in [2.75, 3.05) is 0 Å². The van der Waals surface area contributed by atoms with Gasteiger partial charge in [-0.25, -0.2) is 9.97 Å². The summed E-state index contributed by atoms with van der Waals surface area (Å²) in [5.41, 5.74) is 5.36. The average Bonchev–Trinajstić information content (AvgIpc) is 2.80. The normalized spacial score (nSPS) is 11.7. The van der Waals surface area contributed by atoms with E-state index in [1.807, 2.05) is 25.1 Å². The smallest absolute Gasteiger partial charge is 0.148 e. The van der Waals surface area contributed by atoms with E-state index in [1.54, 1.807) is 0 Å². The minimum atomic E-state index is 0.972. The molecule has 2 aromatic heterocycles. The predicted molar refractivity (Wildman–Crippen MR) is 77.5 cm³/mol. The van der Waals surface area contributed by atoms with E-state index < -0.39 is 0 Å². The van der Waals surface area contributed by atoms with Crippen molar-refractivity contribution in [3.05, 3.63) is 53.9 Å². The van der Waals surface area contributed by atoms with E-state index in [0.717, 1.165) is 33.4 Å². The third kappa shape index (κ3) is 1.38. The molecule has 0 aliphatic rings. The largest absolute Gasteiger partial charge is 0.280 e. The summed E-state index contributed by atoms with van der Waals surface area (Å²) in [5, 5.41) is 1.11. The maximum absolute atomic E-state index is 4.77. The lowest BCUT2D eigenvalue weighted by molar-refractivity contribution is 1.04. The first-order valence-electron chi connectivity index (χ1n) is 6.38. The summed E-state index contributed by atoms with van der Waals surface area (Å²) in [6.07, 6.45) is 0. The van der Waals surface area contributed by atoms with Crippen LogP contribution < -0.4 is 0 Å². The lowest BCUT2D eigenvalue weighted by atomic mass is 10.1. The van der Waals surface area contributed by atoms with Gasteiger partial charge in [-0.15, -0.1) is 0 Å². The van der Waals surface area contributed by atoms with Crippen molar-refractivity contribution in [3.63, 3.8) is 0 Å². The summed E-state index contributed by atoms with van der Waals surface area (Å²) >= 11 is 0. The highest BCUT2D eigenvalue weighted by Crippen LogP contribution is 2.24. The Morgan fingerprint density at radius 2 is 1.74 bits per heavy atom. The highest BCUT2D eigenvalue weighted by molar-refractivity contribution is 5.96. The summed E-state index contributed by atoms with van der Waals surface area (Å²) in [6.45, 7) is 4.12. The van der Waals surface area contributed by atoms with Gasteiger partial charge in [-0.2, -0.15) is 0 Å². The van der Waals surface area contributed by atoms with Crippen LogP contribution in [0.1, 0.15) is 11.4 Å². The molecule has 2 aromatic carbocycles. The van der Waals surface area contributed by atoms with Crippen LogP contribution in [-0.4, -0.2) is 14.4 Å². The molecule has 19 heavy (non-hydrogen) atoms. The van der Waals surface area contributed by atoms with Crippen molar-refractivity contribution in [1.29, 1.82) is 0 Å². The molecule has 4 aromatic rings. The van der Waals surface area contributed by atoms with Crippen LogP contribution in [0.4, 0.5) is 0 Å². The van der Waals surface area contributed by atoms with Crippen LogP contribution in [0.2, 0.25) is 0 Å². The fourth-order valence-electron chi connectivity index (χ4n) is 2.69. The minimum Gasteiger partial charge on any atom is -0.280 e. The molecule has 2 heterocycles. The van der Waals surface area contributed by atoms with Crippen LogP contribution in [-0.2, 0) is 0 Å². The molecule has 0 N–H and O–H groups in total. The zero-order chi connectivity index (χ0) is 13.0. The second kappa shape index (κ2) is 3.54. The Labute approximate surface area is 110 Å². The Kier molecular flexibility index (Phi) is 1.96. The third-order valence-corrected chi connectivity index (χ3v) is 3.56. The van der Waals surface area contributed by atoms with E-state index in [1.165, 1.54) is 5.56 Å². The van der Waals surface area contributed by atoms with Gasteiger partial charge in [0.1, 0.15) is 11.5 Å². The molecule has 92 valence electrons. The Balaban J connectivity index is 2.35. The Bertz CT molecular complexity index is 935. The molecule has 0 fully saturated rings. The zero-order valence-electron chi connectivity index (χ0n) is 10.9. The molecule has 0 unspecified atom stereocenters. The molecule has 0 radical (unpaired) electrons. The number of nitrogens with zero attached hydrogens (tertiary/aromatic N) is 3. The van der Waals surface area contributed by atoms with Crippen LogP contribution in [0.25, 0.3) is 27.6 Å². The van der Waals surface area contributed by atoms with Gasteiger partial charge in [0.25, 0.3) is 0 Å². The molecule has 0 bridgehead atoms. The van der Waals surface area contributed by atoms with E-state index in [9.17, 15) is 0 Å². The van der Waals surface area contributed by atoms with Crippen molar-refractivity contribution in [2.24, 2.45) is 0 Å². The number of hydrogen-bond donors (Lipinski definition) is 0. The van der Waals surface area contributed by atoms with Crippen LogP contribution in [0.3, 0.4) is 0 Å². The lowest BCUT2D eigenvalue weighted by Crippen LogP contribution is -1.96. The molecule has 4 rings (SSSR count). The van der Waals surface area contributed by atoms with E-state index >= 15 is 0 Å². The van der Waals surface area contributed by atoms with Gasteiger partial charge in [-0.3, -0.25) is 4.40 Å². The van der Waals surface area contributed by atoms with E-state index in [-0.39, 0.29) is 0 Å². The van der Waals surface area contributed by atoms with E-state index in [4.69, 9.17) is 9.97 Å². The highest BCUT2D eigenvalue weighted by Gasteiger charge is 2.11. The maximum Gasteiger partial charge on any atom is 0.148 e. The van der Waals surface area contributed by atoms with Crippen molar-refractivity contribution >= 4 is 27.6 Å². The summed E-state index contributed by atoms with van der Waals surface area (Å²) in [7, 11) is 0. The predicted octanol–water partition coefficient (Wildman–Crippen LogP) is 3.65. The van der Waals surface area contributed by atoms with Gasteiger partial charge in [-0.1, -0.05) is 23.8 Å². The molecular formula is C16H13N3. The standard InChI is InChI=1S/C16H13N3/c1-10-7-8-13-12(9-10)16-18-14-5-3-4-6-15(14)19(16)11(2)17-13/h3-9H,1-2H3. The number of rotatable bonds is 0. The highest BCUT2D eigenvalue weighted by atomic mass is 15.1. The van der Waals surface area contributed by atoms with Gasteiger partial charge in [-0.05, 0) is 38.1 Å². The fourth-order valence-corrected chi connectivity index (χ4v) is 2.69. The maximum atomic E-state index is 4.77. The lowest BCUT2D eigenvalue weighted by Gasteiger charge is -2.05. The number of aromatic nitrogens is 3. The molecule has 0 atom stereocenters. The molecule has 0 aliphatic heterocycles. The van der Waals surface area contributed by atoms with Crippen LogP contribution in [0.15, 0.2) is 42.5 Å². The fraction of sp³-hybridized carbons (Fsp3) is 0.125. The molecular weight excluding hydrogens is 234 g/mol. The molecule has 0 aliphatic carbocycles. The summed E-state index contributed by atoms with van der Waals surface area (Å²) in [4.78, 5) is 9.46. The van der Waals surface area contributed by atoms with Crippen LogP contribution in [0, 0.1) is 13.8 Å². The number of benzene rings is 2. The topological polar surface area (TPSA) is 30.2 Å². The average molecular weight is 247 g/mol. The quantitative estimate of drug-likeness (QED) is 0.475. The first-order valence-corrected chi connectivity index (χ1v) is 6.38. The third-order valence-electron chi connectivity index (χ3n) is 3.56. The van der Waals surface area contributed by atoms with Crippen molar-refractivity contribution in [2.45, 2.75) is 13.8 Å². The molecule has 3 nitrogen and oxygen atoms in total. The van der Waals surface area contributed by atoms with Gasteiger partial charge in [0.15, 0.2) is 0 Å². The number of aryl methyl sites for hydroxylation is 2. The van der Waals surface area contributed by atoms with Gasteiger partial charge in [0, 0.05) is 5.39 Å².